The Balaban J connectivity index is 0.000000250. The first-order chi connectivity index (χ1) is 32.0. The van der Waals surface area contributed by atoms with E-state index in [0.29, 0.717) is 45.2 Å². The van der Waals surface area contributed by atoms with Crippen molar-refractivity contribution in [2.45, 2.75) is 49.6 Å². The maximum atomic E-state index is 14.4. The highest BCUT2D eigenvalue weighted by molar-refractivity contribution is 7.90. The molecule has 6 aromatic rings. The summed E-state index contributed by atoms with van der Waals surface area (Å²) >= 11 is 0. The minimum Gasteiger partial charge on any atom is -0.387 e. The van der Waals surface area contributed by atoms with Crippen molar-refractivity contribution < 1.29 is 35.1 Å². The van der Waals surface area contributed by atoms with Gasteiger partial charge in [0.05, 0.1) is 30.5 Å². The molecule has 0 bridgehead atoms. The predicted octanol–water partition coefficient (Wildman–Crippen LogP) is 7.54. The Labute approximate surface area is 392 Å². The zero-order valence-corrected chi connectivity index (χ0v) is 39.4. The van der Waals surface area contributed by atoms with Gasteiger partial charge in [-0.2, -0.15) is 8.42 Å². The summed E-state index contributed by atoms with van der Waals surface area (Å²) in [5.41, 5.74) is 2.99. The number of hydrogen-bond donors (Lipinski definition) is 3. The molecule has 0 aliphatic carbocycles. The van der Waals surface area contributed by atoms with E-state index in [0.717, 1.165) is 12.4 Å². The third-order valence-electron chi connectivity index (χ3n) is 9.10. The molecule has 0 unspecified atom stereocenters. The number of halogens is 2. The Morgan fingerprint density at radius 1 is 0.750 bits per heavy atom. The summed E-state index contributed by atoms with van der Waals surface area (Å²) in [6, 6.07) is 10.3. The molecule has 4 heterocycles. The number of pyridine rings is 2. The number of urea groups is 1. The number of benzene rings is 2. The molecule has 4 aromatic heterocycles. The number of nitrogens with zero attached hydrogens (tertiary/aromatic N) is 11. The average Bonchev–Trinajstić information content (AvgIpc) is 3.29. The highest BCUT2D eigenvalue weighted by atomic mass is 32.2. The van der Waals surface area contributed by atoms with Gasteiger partial charge in [0.1, 0.15) is 35.7 Å². The fourth-order valence-corrected chi connectivity index (χ4v) is 7.09. The summed E-state index contributed by atoms with van der Waals surface area (Å²) in [6.45, 7) is 21.6. The van der Waals surface area contributed by atoms with Crippen molar-refractivity contribution in [3.05, 3.63) is 131 Å². The van der Waals surface area contributed by atoms with Crippen LogP contribution in [0.2, 0.25) is 0 Å². The number of carbonyl (C=O) groups is 1. The molecule has 68 heavy (non-hydrogen) atoms. The van der Waals surface area contributed by atoms with Gasteiger partial charge >= 0.3 is 6.03 Å². The van der Waals surface area contributed by atoms with Gasteiger partial charge in [-0.1, -0.05) is 40.8 Å². The van der Waals surface area contributed by atoms with Gasteiger partial charge in [-0.25, -0.2) is 41.8 Å². The molecule has 4 N–H and O–H groups in total. The van der Waals surface area contributed by atoms with Crippen LogP contribution in [0.4, 0.5) is 42.5 Å². The Morgan fingerprint density at radius 3 is 1.69 bits per heavy atom. The fourth-order valence-electron chi connectivity index (χ4n) is 5.85. The number of aromatic nitrogens is 6. The second-order valence-corrected chi connectivity index (χ2v) is 18.3. The second kappa shape index (κ2) is 22.8. The quantitative estimate of drug-likeness (QED) is 0.0837. The molecule has 24 heteroatoms. The number of sulfonamides is 2. The molecule has 20 nitrogen and oxygen atoms in total. The first-order valence-electron chi connectivity index (χ1n) is 19.7. The molecule has 6 rings (SSSR count). The van der Waals surface area contributed by atoms with Crippen molar-refractivity contribution in [3.63, 3.8) is 0 Å². The first kappa shape index (κ1) is 52.4. The van der Waals surface area contributed by atoms with Crippen LogP contribution in [0.5, 0.6) is 5.75 Å². The van der Waals surface area contributed by atoms with Crippen LogP contribution in [0.3, 0.4) is 0 Å². The third kappa shape index (κ3) is 13.9. The maximum Gasteiger partial charge on any atom is 0.333 e. The summed E-state index contributed by atoms with van der Waals surface area (Å²) in [7, 11) is -1.31. The van der Waals surface area contributed by atoms with Gasteiger partial charge in [0, 0.05) is 44.9 Å². The third-order valence-corrected chi connectivity index (χ3v) is 11.1. The van der Waals surface area contributed by atoms with Gasteiger partial charge in [-0.3, -0.25) is 9.97 Å². The van der Waals surface area contributed by atoms with Crippen LogP contribution in [0.25, 0.3) is 31.9 Å². The first-order valence-corrected chi connectivity index (χ1v) is 22.8. The van der Waals surface area contributed by atoms with E-state index in [1.807, 2.05) is 18.6 Å². The van der Waals surface area contributed by atoms with E-state index in [9.17, 15) is 30.4 Å². The number of primary sulfonamides is 1. The summed E-state index contributed by atoms with van der Waals surface area (Å²) in [5, 5.41) is 15.6. The van der Waals surface area contributed by atoms with Gasteiger partial charge < -0.3 is 29.5 Å². The highest BCUT2D eigenvalue weighted by Gasteiger charge is 2.24. The number of hydrogen-bond acceptors (Lipinski definition) is 15. The lowest BCUT2D eigenvalue weighted by atomic mass is 9.94. The number of rotatable bonds is 11. The number of amides is 2. The minimum atomic E-state index is -4.35. The van der Waals surface area contributed by atoms with Crippen LogP contribution >= 0.6 is 0 Å². The number of carbonyl (C=O) groups excluding carboxylic acids is 1. The van der Waals surface area contributed by atoms with Gasteiger partial charge in [0.25, 0.3) is 37.9 Å². The maximum absolute atomic E-state index is 14.4. The van der Waals surface area contributed by atoms with E-state index >= 15 is 0 Å². The van der Waals surface area contributed by atoms with Crippen molar-refractivity contribution in [3.8, 4) is 34.3 Å². The van der Waals surface area contributed by atoms with Gasteiger partial charge in [0.15, 0.2) is 15.8 Å². The number of ether oxygens (including phenoxy) is 1. The van der Waals surface area contributed by atoms with Gasteiger partial charge in [-0.15, -0.1) is 15.2 Å². The molecule has 0 aliphatic heterocycles. The molecular formula is C44H44F2N14O6S2. The van der Waals surface area contributed by atoms with Gasteiger partial charge in [0.2, 0.25) is 0 Å². The largest absolute Gasteiger partial charge is 0.387 e. The fraction of sp³-hybridized carbons (Fsp3) is 0.227. The predicted molar refractivity (Wildman–Crippen MR) is 250 cm³/mol. The lowest BCUT2D eigenvalue weighted by Crippen LogP contribution is -2.35. The van der Waals surface area contributed by atoms with E-state index in [2.05, 4.69) is 44.9 Å². The average molecular weight is 967 g/mol. The molecule has 352 valence electrons. The number of nitrogens with two attached hydrogens (primary N) is 1. The van der Waals surface area contributed by atoms with Crippen molar-refractivity contribution >= 4 is 55.0 Å². The smallest absolute Gasteiger partial charge is 0.333 e. The Kier molecular flexibility index (Phi) is 17.6. The zero-order chi connectivity index (χ0) is 50.5. The van der Waals surface area contributed by atoms with Crippen LogP contribution in [0.15, 0.2) is 95.8 Å². The summed E-state index contributed by atoms with van der Waals surface area (Å²) in [4.78, 5) is 45.7. The zero-order valence-electron chi connectivity index (χ0n) is 37.8. The summed E-state index contributed by atoms with van der Waals surface area (Å²) in [5.74, 6) is 0.156. The van der Waals surface area contributed by atoms with E-state index in [1.54, 1.807) is 70.2 Å². The van der Waals surface area contributed by atoms with E-state index in [-0.39, 0.29) is 39.7 Å². The molecule has 0 radical (unpaired) electrons. The van der Waals surface area contributed by atoms with Crippen LogP contribution in [-0.4, -0.2) is 81.0 Å². The molecule has 0 aliphatic rings. The topological polar surface area (TPSA) is 261 Å². The van der Waals surface area contributed by atoms with E-state index in [1.165, 1.54) is 61.2 Å². The normalized spacial score (nSPS) is 10.8. The number of nitriles is 1. The monoisotopic (exact) mass is 966 g/mol. The lowest BCUT2D eigenvalue weighted by Gasteiger charge is -2.19. The summed E-state index contributed by atoms with van der Waals surface area (Å²) in [6.07, 6.45) is 9.47. The van der Waals surface area contributed by atoms with Crippen LogP contribution < -0.4 is 29.7 Å². The van der Waals surface area contributed by atoms with Crippen molar-refractivity contribution in [1.29, 1.82) is 5.26 Å². The molecule has 0 spiro atoms. The van der Waals surface area contributed by atoms with Crippen molar-refractivity contribution in [1.82, 2.24) is 34.6 Å². The van der Waals surface area contributed by atoms with E-state index < -0.39 is 42.7 Å². The minimum absolute atomic E-state index is 0.00929. The molecule has 2 amide bonds. The molecule has 0 atom stereocenters. The Hall–Kier alpha value is -8.24. The van der Waals surface area contributed by atoms with Crippen LogP contribution in [0, 0.1) is 36.3 Å². The van der Waals surface area contributed by atoms with Gasteiger partial charge in [-0.05, 0) is 77.1 Å². The SMILES string of the molecule is CN(C)c1cncc(S(N)(=O)=O)n1.[C-]#[N+]c1cc(-c2cc(F)cc(C(C)C)c2NC(=O)NS(=O)(=O)c2cncc(N(C)C)n2)ccn1.[C-]#[N+]c1cc(-c2cc(F)cc(C(C)C)c2OC#N)ccn1. The summed E-state index contributed by atoms with van der Waals surface area (Å²) < 4.78 is 82.5. The molecule has 0 saturated carbocycles. The number of nitrogens with one attached hydrogen (secondary N) is 2. The lowest BCUT2D eigenvalue weighted by molar-refractivity contribution is 0.256. The standard InChI is InChI=1S/C22H22FN7O3S.C16H12FN3O.C6H10N4O2S/c1-13(2)16-9-15(23)10-17(14-6-7-26-18(8-14)24-3)21(16)28-22(31)29-34(32,33)20-12-25-11-19(27-20)30(4)5;1-10(2)13-7-12(17)8-14(16(13)21-9-18)11-4-5-20-15(6-11)19-3;1-10(2)5-3-8-4-6(9-5)13(7,11)12/h6-13H,1-2,4-5H3,(H2,28,29,31);4-8,10H,1-2H3;3-4H,1-2H3,(H2,7,11,12). The van der Waals surface area contributed by atoms with Crippen LogP contribution in [-0.2, 0) is 20.0 Å². The highest BCUT2D eigenvalue weighted by Crippen LogP contribution is 2.39. The molecule has 0 fully saturated rings. The Morgan fingerprint density at radius 2 is 1.22 bits per heavy atom. The van der Waals surface area contributed by atoms with E-state index in [4.69, 9.17) is 28.3 Å². The van der Waals surface area contributed by atoms with Crippen LogP contribution in [0.1, 0.15) is 50.7 Å². The molecule has 2 aromatic carbocycles. The Bertz CT molecular complexity index is 3170. The molecule has 0 saturated heterocycles. The van der Waals surface area contributed by atoms with Crippen molar-refractivity contribution in [2.24, 2.45) is 5.14 Å². The second-order valence-electron chi connectivity index (χ2n) is 15.1. The molecular weight excluding hydrogens is 923 g/mol. The number of anilines is 3. The van der Waals surface area contributed by atoms with Crippen molar-refractivity contribution in [2.75, 3.05) is 43.3 Å².